The Labute approximate surface area is 108 Å². The Kier molecular flexibility index (Phi) is 4.07. The van der Waals surface area contributed by atoms with Crippen LogP contribution >= 0.6 is 0 Å². The summed E-state index contributed by atoms with van der Waals surface area (Å²) >= 11 is 0. The van der Waals surface area contributed by atoms with Crippen LogP contribution in [0.2, 0.25) is 0 Å². The Morgan fingerprint density at radius 2 is 2.33 bits per heavy atom. The second-order valence-corrected chi connectivity index (χ2v) is 5.22. The smallest absolute Gasteiger partial charge is 0.240 e. The van der Waals surface area contributed by atoms with Crippen molar-refractivity contribution >= 4 is 5.91 Å². The molecule has 2 heterocycles. The number of furan rings is 1. The Hall–Kier alpha value is -1.29. The van der Waals surface area contributed by atoms with Gasteiger partial charge < -0.3 is 14.6 Å². The molecule has 0 unspecified atom stereocenters. The van der Waals surface area contributed by atoms with E-state index in [0.717, 1.165) is 30.9 Å². The summed E-state index contributed by atoms with van der Waals surface area (Å²) in [6.45, 7) is 7.51. The van der Waals surface area contributed by atoms with E-state index in [-0.39, 0.29) is 18.0 Å². The molecule has 1 N–H and O–H groups in total. The van der Waals surface area contributed by atoms with Crippen molar-refractivity contribution in [3.05, 3.63) is 23.7 Å². The van der Waals surface area contributed by atoms with Gasteiger partial charge in [-0.05, 0) is 52.3 Å². The van der Waals surface area contributed by atoms with E-state index in [9.17, 15) is 4.79 Å². The monoisotopic (exact) mass is 250 g/mol. The van der Waals surface area contributed by atoms with Gasteiger partial charge in [-0.3, -0.25) is 4.79 Å². The molecule has 0 aliphatic carbocycles. The summed E-state index contributed by atoms with van der Waals surface area (Å²) in [5.74, 6) is 1.93. The number of rotatable bonds is 4. The number of carbonyl (C=O) groups is 1. The molecule has 0 radical (unpaired) electrons. The quantitative estimate of drug-likeness (QED) is 0.890. The van der Waals surface area contributed by atoms with Crippen LogP contribution in [0.4, 0.5) is 0 Å². The molecular formula is C14H22N2O2. The van der Waals surface area contributed by atoms with Crippen molar-refractivity contribution < 1.29 is 9.21 Å². The van der Waals surface area contributed by atoms with E-state index in [1.165, 1.54) is 0 Å². The maximum atomic E-state index is 12.4. The molecule has 1 atom stereocenters. The third-order valence-electron chi connectivity index (χ3n) is 3.39. The van der Waals surface area contributed by atoms with E-state index >= 15 is 0 Å². The third-order valence-corrected chi connectivity index (χ3v) is 3.39. The molecule has 1 amide bonds. The lowest BCUT2D eigenvalue weighted by Crippen LogP contribution is -2.46. The van der Waals surface area contributed by atoms with E-state index in [0.29, 0.717) is 6.54 Å². The predicted molar refractivity (Wildman–Crippen MR) is 70.2 cm³/mol. The minimum Gasteiger partial charge on any atom is -0.464 e. The van der Waals surface area contributed by atoms with Gasteiger partial charge in [0.2, 0.25) is 5.91 Å². The molecule has 0 spiro atoms. The summed E-state index contributed by atoms with van der Waals surface area (Å²) in [7, 11) is 0. The number of nitrogens with zero attached hydrogens (tertiary/aromatic N) is 1. The zero-order valence-electron chi connectivity index (χ0n) is 11.4. The van der Waals surface area contributed by atoms with Gasteiger partial charge >= 0.3 is 0 Å². The highest BCUT2D eigenvalue weighted by Crippen LogP contribution is 2.16. The van der Waals surface area contributed by atoms with Crippen molar-refractivity contribution in [2.45, 2.75) is 52.2 Å². The number of amides is 1. The second-order valence-electron chi connectivity index (χ2n) is 5.22. The van der Waals surface area contributed by atoms with E-state index in [4.69, 9.17) is 4.42 Å². The van der Waals surface area contributed by atoms with E-state index in [1.807, 2.05) is 37.8 Å². The van der Waals surface area contributed by atoms with Crippen LogP contribution in [0.3, 0.4) is 0 Å². The summed E-state index contributed by atoms with van der Waals surface area (Å²) in [6.07, 6.45) is 2.03. The first kappa shape index (κ1) is 13.1. The summed E-state index contributed by atoms with van der Waals surface area (Å²) in [5, 5.41) is 3.26. The van der Waals surface area contributed by atoms with Crippen LogP contribution < -0.4 is 5.32 Å². The van der Waals surface area contributed by atoms with Crippen molar-refractivity contribution in [2.75, 3.05) is 6.54 Å². The van der Waals surface area contributed by atoms with Gasteiger partial charge in [0.05, 0.1) is 12.6 Å². The summed E-state index contributed by atoms with van der Waals surface area (Å²) in [4.78, 5) is 14.3. The molecule has 4 heteroatoms. The summed E-state index contributed by atoms with van der Waals surface area (Å²) < 4.78 is 5.56. The first-order chi connectivity index (χ1) is 8.58. The van der Waals surface area contributed by atoms with Gasteiger partial charge in [0.1, 0.15) is 11.5 Å². The van der Waals surface area contributed by atoms with E-state index < -0.39 is 0 Å². The fraction of sp³-hybridized carbons (Fsp3) is 0.643. The third kappa shape index (κ3) is 2.93. The fourth-order valence-corrected chi connectivity index (χ4v) is 2.35. The molecule has 1 aliphatic rings. The topological polar surface area (TPSA) is 45.5 Å². The van der Waals surface area contributed by atoms with Gasteiger partial charge in [0.25, 0.3) is 0 Å². The molecule has 1 aromatic rings. The summed E-state index contributed by atoms with van der Waals surface area (Å²) in [6, 6.07) is 4.06. The van der Waals surface area contributed by atoms with Crippen LogP contribution in [0.15, 0.2) is 16.5 Å². The van der Waals surface area contributed by atoms with Crippen molar-refractivity contribution in [1.29, 1.82) is 0 Å². The van der Waals surface area contributed by atoms with Gasteiger partial charge in [-0.15, -0.1) is 0 Å². The normalized spacial score (nSPS) is 19.4. The molecule has 1 saturated heterocycles. The predicted octanol–water partition coefficient (Wildman–Crippen LogP) is 2.08. The van der Waals surface area contributed by atoms with Crippen LogP contribution in [0.1, 0.15) is 38.2 Å². The molecule has 0 bridgehead atoms. The largest absolute Gasteiger partial charge is 0.464 e. The first-order valence-electron chi connectivity index (χ1n) is 6.67. The van der Waals surface area contributed by atoms with Crippen molar-refractivity contribution in [1.82, 2.24) is 10.2 Å². The molecule has 1 aliphatic heterocycles. The number of nitrogens with one attached hydrogen (secondary N) is 1. The van der Waals surface area contributed by atoms with Crippen LogP contribution in [0.25, 0.3) is 0 Å². The molecule has 4 nitrogen and oxygen atoms in total. The van der Waals surface area contributed by atoms with Gasteiger partial charge in [-0.2, -0.15) is 0 Å². The molecule has 0 aromatic carbocycles. The van der Waals surface area contributed by atoms with Crippen LogP contribution in [-0.2, 0) is 11.3 Å². The maximum Gasteiger partial charge on any atom is 0.240 e. The maximum absolute atomic E-state index is 12.4. The van der Waals surface area contributed by atoms with Crippen LogP contribution in [-0.4, -0.2) is 29.4 Å². The molecule has 1 aromatic heterocycles. The lowest BCUT2D eigenvalue weighted by atomic mass is 10.1. The lowest BCUT2D eigenvalue weighted by molar-refractivity contribution is -0.135. The Morgan fingerprint density at radius 3 is 2.83 bits per heavy atom. The molecule has 1 fully saturated rings. The molecule has 2 rings (SSSR count). The highest BCUT2D eigenvalue weighted by atomic mass is 16.3. The summed E-state index contributed by atoms with van der Waals surface area (Å²) in [5.41, 5.74) is 0. The zero-order chi connectivity index (χ0) is 13.1. The van der Waals surface area contributed by atoms with E-state index in [1.54, 1.807) is 0 Å². The number of aryl methyl sites for hydroxylation is 1. The Balaban J connectivity index is 2.05. The fourth-order valence-electron chi connectivity index (χ4n) is 2.35. The SMILES string of the molecule is Cc1ccc(CN(C(=O)[C@@H]2CCCN2)C(C)C)o1. The van der Waals surface area contributed by atoms with E-state index in [2.05, 4.69) is 5.32 Å². The minimum atomic E-state index is -0.0107. The highest BCUT2D eigenvalue weighted by molar-refractivity contribution is 5.82. The van der Waals surface area contributed by atoms with Gasteiger partial charge in [0, 0.05) is 6.04 Å². The standard InChI is InChI=1S/C14H22N2O2/c1-10(2)16(9-12-7-6-11(3)18-12)14(17)13-5-4-8-15-13/h6-7,10,13,15H,4-5,8-9H2,1-3H3/t13-/m0/s1. The molecule has 100 valence electrons. The number of hydrogen-bond acceptors (Lipinski definition) is 3. The average Bonchev–Trinajstić information content (AvgIpc) is 2.95. The van der Waals surface area contributed by atoms with Gasteiger partial charge in [-0.25, -0.2) is 0 Å². The minimum absolute atomic E-state index is 0.0107. The Morgan fingerprint density at radius 1 is 1.56 bits per heavy atom. The Bertz CT molecular complexity index is 406. The number of hydrogen-bond donors (Lipinski definition) is 1. The average molecular weight is 250 g/mol. The van der Waals surface area contributed by atoms with Gasteiger partial charge in [0.15, 0.2) is 0 Å². The zero-order valence-corrected chi connectivity index (χ0v) is 11.4. The van der Waals surface area contributed by atoms with Crippen molar-refractivity contribution in [3.8, 4) is 0 Å². The molecule has 0 saturated carbocycles. The second kappa shape index (κ2) is 5.57. The van der Waals surface area contributed by atoms with Crippen LogP contribution in [0.5, 0.6) is 0 Å². The van der Waals surface area contributed by atoms with Gasteiger partial charge in [-0.1, -0.05) is 0 Å². The first-order valence-corrected chi connectivity index (χ1v) is 6.67. The van der Waals surface area contributed by atoms with Crippen LogP contribution in [0, 0.1) is 6.92 Å². The van der Waals surface area contributed by atoms with Crippen molar-refractivity contribution in [2.24, 2.45) is 0 Å². The molecular weight excluding hydrogens is 228 g/mol. The number of carbonyl (C=O) groups excluding carboxylic acids is 1. The molecule has 18 heavy (non-hydrogen) atoms. The lowest BCUT2D eigenvalue weighted by Gasteiger charge is -2.28. The highest BCUT2D eigenvalue weighted by Gasteiger charge is 2.28. The van der Waals surface area contributed by atoms with Crippen molar-refractivity contribution in [3.63, 3.8) is 0 Å².